The van der Waals surface area contributed by atoms with E-state index in [0.29, 0.717) is 0 Å². The highest BCUT2D eigenvalue weighted by atomic mass is 15.5. The van der Waals surface area contributed by atoms with Crippen molar-refractivity contribution >= 4 is 23.2 Å². The third kappa shape index (κ3) is 7.51. The minimum atomic E-state index is 0.743. The van der Waals surface area contributed by atoms with Crippen molar-refractivity contribution in [1.29, 1.82) is 0 Å². The molecule has 2 saturated carbocycles. The average molecular weight is 733 g/mol. The van der Waals surface area contributed by atoms with Gasteiger partial charge >= 0.3 is 0 Å². The fourth-order valence-corrected chi connectivity index (χ4v) is 7.53. The average Bonchev–Trinajstić information content (AvgIpc) is 3.68. The Balaban J connectivity index is 0.000000142. The molecule has 2 saturated heterocycles. The summed E-state index contributed by atoms with van der Waals surface area (Å²) in [6.45, 7) is 14.3. The summed E-state index contributed by atoms with van der Waals surface area (Å²) in [5, 5.41) is 19.0. The van der Waals surface area contributed by atoms with E-state index in [9.17, 15) is 0 Å². The summed E-state index contributed by atoms with van der Waals surface area (Å²) in [5.74, 6) is 7.18. The van der Waals surface area contributed by atoms with E-state index in [2.05, 4.69) is 44.3 Å². The van der Waals surface area contributed by atoms with Crippen LogP contribution in [0.3, 0.4) is 0 Å². The van der Waals surface area contributed by atoms with Gasteiger partial charge in [0, 0.05) is 77.3 Å². The third-order valence-electron chi connectivity index (χ3n) is 11.1. The second-order valence-corrected chi connectivity index (χ2v) is 15.8. The van der Waals surface area contributed by atoms with Crippen molar-refractivity contribution < 1.29 is 0 Å². The molecule has 10 rings (SSSR count). The Labute approximate surface area is 315 Å². The van der Waals surface area contributed by atoms with Crippen LogP contribution in [-0.4, -0.2) is 94.9 Å². The molecule has 0 radical (unpaired) electrons. The number of nitrogens with zero attached hydrogens (tertiary/aromatic N) is 16. The Hall–Kier alpha value is -5.02. The second kappa shape index (κ2) is 14.7. The SMILES string of the molecule is Cc1ncc(C)n2nc(CCc3nc(N4CCCC4)n(CC4CC4)n3)nc12.Cc1ncc(C)n2nc(CCc3nc(N4CCCC4)nn3CC3CC3)nc12. The Morgan fingerprint density at radius 3 is 1.57 bits per heavy atom. The number of fused-ring (bicyclic) bond motifs is 2. The van der Waals surface area contributed by atoms with E-state index in [4.69, 9.17) is 25.1 Å². The van der Waals surface area contributed by atoms with Crippen LogP contribution in [-0.2, 0) is 38.8 Å². The lowest BCUT2D eigenvalue weighted by Crippen LogP contribution is -2.23. The van der Waals surface area contributed by atoms with Crippen molar-refractivity contribution in [1.82, 2.24) is 68.7 Å². The molecule has 0 spiro atoms. The third-order valence-corrected chi connectivity index (χ3v) is 11.1. The molecule has 0 bridgehead atoms. The maximum atomic E-state index is 4.88. The van der Waals surface area contributed by atoms with Gasteiger partial charge in [0.25, 0.3) is 0 Å². The molecular weight excluding hydrogens is 681 g/mol. The van der Waals surface area contributed by atoms with Gasteiger partial charge in [0.05, 0.1) is 22.8 Å². The van der Waals surface area contributed by atoms with Gasteiger partial charge in [0.1, 0.15) is 5.82 Å². The molecule has 284 valence electrons. The largest absolute Gasteiger partial charge is 0.341 e. The lowest BCUT2D eigenvalue weighted by molar-refractivity contribution is 0.532. The van der Waals surface area contributed by atoms with Crippen LogP contribution in [0.4, 0.5) is 11.9 Å². The molecule has 2 aliphatic carbocycles. The van der Waals surface area contributed by atoms with E-state index >= 15 is 0 Å². The van der Waals surface area contributed by atoms with Crippen molar-refractivity contribution in [2.75, 3.05) is 36.0 Å². The van der Waals surface area contributed by atoms with Crippen molar-refractivity contribution in [2.24, 2.45) is 11.8 Å². The topological polar surface area (TPSA) is 154 Å². The predicted octanol–water partition coefficient (Wildman–Crippen LogP) is 4.26. The van der Waals surface area contributed by atoms with Crippen LogP contribution in [0.5, 0.6) is 0 Å². The molecular formula is C38H52N16. The fraction of sp³-hybridized carbons (Fsp3) is 0.632. The van der Waals surface area contributed by atoms with Crippen molar-refractivity contribution in [2.45, 2.75) is 118 Å². The monoisotopic (exact) mass is 732 g/mol. The van der Waals surface area contributed by atoms with Gasteiger partial charge in [-0.15, -0.1) is 5.10 Å². The smallest absolute Gasteiger partial charge is 0.244 e. The van der Waals surface area contributed by atoms with Gasteiger partial charge in [0.2, 0.25) is 11.9 Å². The fourth-order valence-electron chi connectivity index (χ4n) is 7.53. The van der Waals surface area contributed by atoms with E-state index in [1.165, 1.54) is 51.4 Å². The molecule has 16 heteroatoms. The standard InChI is InChI=1S/2C19H26N8/c1-13-11-20-14(2)18-21-16(24-27(13)18)7-8-17-22-19(25-9-3-4-10-25)26(23-17)12-15-5-6-15;1-13-11-20-14(2)18-21-16(23-27(13)18)7-8-17-22-19(25-9-3-4-10-25)24-26(17)12-15-5-6-15/h2*11,15H,3-10,12H2,1-2H3. The highest BCUT2D eigenvalue weighted by molar-refractivity contribution is 5.44. The van der Waals surface area contributed by atoms with Gasteiger partial charge in [-0.2, -0.15) is 25.3 Å². The number of rotatable bonds is 12. The normalized spacial score (nSPS) is 17.3. The molecule has 0 amide bonds. The Bertz CT molecular complexity index is 2160. The zero-order valence-corrected chi connectivity index (χ0v) is 32.2. The quantitative estimate of drug-likeness (QED) is 0.177. The molecule has 4 aliphatic rings. The molecule has 0 N–H and O–H groups in total. The number of anilines is 2. The van der Waals surface area contributed by atoms with Gasteiger partial charge in [-0.05, 0) is 90.9 Å². The van der Waals surface area contributed by atoms with Gasteiger partial charge in [0.15, 0.2) is 28.8 Å². The first-order valence-corrected chi connectivity index (χ1v) is 20.1. The summed E-state index contributed by atoms with van der Waals surface area (Å²) in [7, 11) is 0. The summed E-state index contributed by atoms with van der Waals surface area (Å²) < 4.78 is 8.06. The van der Waals surface area contributed by atoms with E-state index in [-0.39, 0.29) is 0 Å². The lowest BCUT2D eigenvalue weighted by atomic mass is 10.3. The zero-order chi connectivity index (χ0) is 36.8. The maximum Gasteiger partial charge on any atom is 0.244 e. The molecule has 0 atom stereocenters. The van der Waals surface area contributed by atoms with Crippen LogP contribution in [0, 0.1) is 39.5 Å². The van der Waals surface area contributed by atoms with Crippen LogP contribution < -0.4 is 9.80 Å². The Kier molecular flexibility index (Phi) is 9.43. The molecule has 16 nitrogen and oxygen atoms in total. The van der Waals surface area contributed by atoms with Crippen molar-refractivity contribution in [3.8, 4) is 0 Å². The molecule has 6 aromatic rings. The van der Waals surface area contributed by atoms with Gasteiger partial charge < -0.3 is 9.80 Å². The molecule has 4 fully saturated rings. The van der Waals surface area contributed by atoms with Crippen LogP contribution in [0.15, 0.2) is 12.4 Å². The molecule has 2 aliphatic heterocycles. The number of aryl methyl sites for hydroxylation is 8. The van der Waals surface area contributed by atoms with E-state index in [1.54, 1.807) is 0 Å². The minimum Gasteiger partial charge on any atom is -0.341 e. The molecule has 0 aromatic carbocycles. The van der Waals surface area contributed by atoms with Gasteiger partial charge in [-0.3, -0.25) is 9.97 Å². The first-order valence-electron chi connectivity index (χ1n) is 20.1. The number of hydrogen-bond donors (Lipinski definition) is 0. The van der Waals surface area contributed by atoms with E-state index in [0.717, 1.165) is 146 Å². The summed E-state index contributed by atoms with van der Waals surface area (Å²) in [6, 6.07) is 0. The second-order valence-electron chi connectivity index (χ2n) is 15.8. The van der Waals surface area contributed by atoms with Crippen LogP contribution in [0.25, 0.3) is 11.3 Å². The molecule has 8 heterocycles. The van der Waals surface area contributed by atoms with Crippen LogP contribution >= 0.6 is 0 Å². The maximum absolute atomic E-state index is 4.88. The van der Waals surface area contributed by atoms with Gasteiger partial charge in [-0.1, -0.05) is 0 Å². The van der Waals surface area contributed by atoms with E-state index < -0.39 is 0 Å². The van der Waals surface area contributed by atoms with Crippen molar-refractivity contribution in [3.05, 3.63) is 58.5 Å². The first kappa shape index (κ1) is 34.7. The Morgan fingerprint density at radius 1 is 0.537 bits per heavy atom. The molecule has 6 aromatic heterocycles. The number of aromatic nitrogens is 14. The summed E-state index contributed by atoms with van der Waals surface area (Å²) in [4.78, 5) is 32.6. The van der Waals surface area contributed by atoms with Crippen LogP contribution in [0.2, 0.25) is 0 Å². The number of hydrogen-bond acceptors (Lipinski definition) is 12. The van der Waals surface area contributed by atoms with Crippen molar-refractivity contribution in [3.63, 3.8) is 0 Å². The molecule has 54 heavy (non-hydrogen) atoms. The summed E-state index contributed by atoms with van der Waals surface area (Å²) in [5.41, 5.74) is 5.51. The van der Waals surface area contributed by atoms with Crippen LogP contribution in [0.1, 0.15) is 97.4 Å². The zero-order valence-electron chi connectivity index (χ0n) is 32.2. The van der Waals surface area contributed by atoms with E-state index in [1.807, 2.05) is 49.1 Å². The summed E-state index contributed by atoms with van der Waals surface area (Å²) in [6.07, 6.45) is 17.0. The predicted molar refractivity (Wildman–Crippen MR) is 204 cm³/mol. The van der Waals surface area contributed by atoms with Gasteiger partial charge in [-0.25, -0.2) is 28.4 Å². The summed E-state index contributed by atoms with van der Waals surface area (Å²) >= 11 is 0. The highest BCUT2D eigenvalue weighted by Crippen LogP contribution is 2.33. The molecule has 0 unspecified atom stereocenters. The first-order chi connectivity index (χ1) is 26.3. The Morgan fingerprint density at radius 2 is 1.04 bits per heavy atom. The lowest BCUT2D eigenvalue weighted by Gasteiger charge is -2.16. The minimum absolute atomic E-state index is 0.743. The highest BCUT2D eigenvalue weighted by Gasteiger charge is 2.28.